The van der Waals surface area contributed by atoms with Crippen LogP contribution in [0.25, 0.3) is 0 Å². The van der Waals surface area contributed by atoms with Gasteiger partial charge in [-0.25, -0.2) is 8.42 Å². The zero-order valence-corrected chi connectivity index (χ0v) is 16.8. The van der Waals surface area contributed by atoms with E-state index in [-0.39, 0.29) is 23.6 Å². The van der Waals surface area contributed by atoms with Gasteiger partial charge in [0.15, 0.2) is 14.9 Å². The number of halogens is 1. The van der Waals surface area contributed by atoms with Crippen molar-refractivity contribution in [3.05, 3.63) is 58.6 Å². The van der Waals surface area contributed by atoms with Gasteiger partial charge < -0.3 is 9.80 Å². The molecule has 2 fully saturated rings. The van der Waals surface area contributed by atoms with Gasteiger partial charge in [0, 0.05) is 15.8 Å². The second-order valence-electron chi connectivity index (χ2n) is 6.55. The monoisotopic (exact) mass is 436 g/mol. The number of sulfone groups is 1. The minimum absolute atomic E-state index is 0.135. The molecule has 25 heavy (non-hydrogen) atoms. The van der Waals surface area contributed by atoms with E-state index in [1.807, 2.05) is 59.2 Å². The average Bonchev–Trinajstić information content (AvgIpc) is 2.97. The molecule has 0 bridgehead atoms. The maximum atomic E-state index is 12.3. The van der Waals surface area contributed by atoms with E-state index in [1.165, 1.54) is 0 Å². The maximum Gasteiger partial charge on any atom is 0.181 e. The predicted octanol–water partition coefficient (Wildman–Crippen LogP) is 3.53. The molecule has 2 aromatic rings. The summed E-state index contributed by atoms with van der Waals surface area (Å²) in [6, 6.07) is 15.6. The second kappa shape index (κ2) is 6.07. The lowest BCUT2D eigenvalue weighted by atomic mass is 10.1. The molecule has 2 heterocycles. The van der Waals surface area contributed by atoms with Crippen LogP contribution in [0.3, 0.4) is 0 Å². The SMILES string of the molecule is Cc1cccc(N2C(=S)N(c3ccc(Br)cc3)C3CS(=O)(=O)CC32)c1. The summed E-state index contributed by atoms with van der Waals surface area (Å²) in [5, 5.41) is 0.665. The Bertz CT molecular complexity index is 944. The highest BCUT2D eigenvalue weighted by Gasteiger charge is 2.52. The van der Waals surface area contributed by atoms with Gasteiger partial charge in [-0.3, -0.25) is 0 Å². The van der Waals surface area contributed by atoms with Crippen LogP contribution < -0.4 is 9.80 Å². The Morgan fingerprint density at radius 1 is 1.00 bits per heavy atom. The summed E-state index contributed by atoms with van der Waals surface area (Å²) in [6.07, 6.45) is 0. The van der Waals surface area contributed by atoms with E-state index in [1.54, 1.807) is 0 Å². The summed E-state index contributed by atoms with van der Waals surface area (Å²) < 4.78 is 25.6. The molecule has 2 aliphatic heterocycles. The van der Waals surface area contributed by atoms with Crippen molar-refractivity contribution in [3.8, 4) is 0 Å². The number of hydrogen-bond donors (Lipinski definition) is 0. The smallest absolute Gasteiger partial charge is 0.181 e. The van der Waals surface area contributed by atoms with E-state index in [9.17, 15) is 8.42 Å². The van der Waals surface area contributed by atoms with Gasteiger partial charge in [0.2, 0.25) is 0 Å². The molecule has 2 saturated heterocycles. The highest BCUT2D eigenvalue weighted by Crippen LogP contribution is 2.38. The number of nitrogens with zero attached hydrogens (tertiary/aromatic N) is 2. The van der Waals surface area contributed by atoms with Crippen LogP contribution in [-0.4, -0.2) is 37.1 Å². The normalized spacial score (nSPS) is 24.6. The molecule has 0 N–H and O–H groups in total. The Balaban J connectivity index is 1.81. The fourth-order valence-corrected chi connectivity index (χ4v) is 6.35. The fraction of sp³-hybridized carbons (Fsp3) is 0.278. The van der Waals surface area contributed by atoms with Gasteiger partial charge in [0.05, 0.1) is 23.6 Å². The van der Waals surface area contributed by atoms with Crippen molar-refractivity contribution >= 4 is 54.5 Å². The van der Waals surface area contributed by atoms with Crippen molar-refractivity contribution in [1.82, 2.24) is 0 Å². The van der Waals surface area contributed by atoms with Crippen LogP contribution in [-0.2, 0) is 9.84 Å². The standard InChI is InChI=1S/C18H17BrN2O2S2/c1-12-3-2-4-15(9-12)21-17-11-25(22,23)10-16(17)20(18(21)24)14-7-5-13(19)6-8-14/h2-9,16-17H,10-11H2,1H3. The van der Waals surface area contributed by atoms with Crippen LogP contribution in [0.2, 0.25) is 0 Å². The Labute approximate surface area is 161 Å². The lowest BCUT2D eigenvalue weighted by Gasteiger charge is -2.26. The quantitative estimate of drug-likeness (QED) is 0.673. The number of hydrogen-bond acceptors (Lipinski definition) is 3. The highest BCUT2D eigenvalue weighted by atomic mass is 79.9. The molecule has 0 saturated carbocycles. The molecular formula is C18H17BrN2O2S2. The van der Waals surface area contributed by atoms with Crippen molar-refractivity contribution in [2.45, 2.75) is 19.0 Å². The molecule has 2 aromatic carbocycles. The third-order valence-corrected chi connectivity index (χ3v) is 7.37. The van der Waals surface area contributed by atoms with Gasteiger partial charge in [-0.05, 0) is 61.1 Å². The number of aryl methyl sites for hydroxylation is 1. The topological polar surface area (TPSA) is 40.6 Å². The summed E-state index contributed by atoms with van der Waals surface area (Å²) in [4.78, 5) is 4.01. The van der Waals surface area contributed by atoms with Crippen LogP contribution in [0.5, 0.6) is 0 Å². The van der Waals surface area contributed by atoms with Gasteiger partial charge in [-0.2, -0.15) is 0 Å². The summed E-state index contributed by atoms with van der Waals surface area (Å²) in [5.41, 5.74) is 3.01. The lowest BCUT2D eigenvalue weighted by Crippen LogP contribution is -2.37. The minimum Gasteiger partial charge on any atom is -0.312 e. The third-order valence-electron chi connectivity index (χ3n) is 4.75. The number of anilines is 2. The second-order valence-corrected chi connectivity index (χ2v) is 9.98. The van der Waals surface area contributed by atoms with E-state index in [0.717, 1.165) is 21.4 Å². The Morgan fingerprint density at radius 3 is 2.20 bits per heavy atom. The van der Waals surface area contributed by atoms with E-state index in [0.29, 0.717) is 5.11 Å². The van der Waals surface area contributed by atoms with Crippen LogP contribution in [0.4, 0.5) is 11.4 Å². The molecule has 2 aliphatic rings. The third kappa shape index (κ3) is 2.98. The average molecular weight is 437 g/mol. The first-order valence-electron chi connectivity index (χ1n) is 8.01. The minimum atomic E-state index is -3.08. The molecule has 4 nitrogen and oxygen atoms in total. The fourth-order valence-electron chi connectivity index (χ4n) is 3.69. The van der Waals surface area contributed by atoms with E-state index in [2.05, 4.69) is 22.0 Å². The first-order chi connectivity index (χ1) is 11.9. The van der Waals surface area contributed by atoms with Crippen LogP contribution in [0, 0.1) is 6.92 Å². The van der Waals surface area contributed by atoms with Gasteiger partial charge in [0.25, 0.3) is 0 Å². The van der Waals surface area contributed by atoms with Crippen molar-refractivity contribution in [3.63, 3.8) is 0 Å². The Morgan fingerprint density at radius 2 is 1.60 bits per heavy atom. The molecular weight excluding hydrogens is 420 g/mol. The van der Waals surface area contributed by atoms with Crippen LogP contribution >= 0.6 is 28.1 Å². The summed E-state index contributed by atoms with van der Waals surface area (Å²) in [6.45, 7) is 2.03. The molecule has 2 unspecified atom stereocenters. The number of rotatable bonds is 2. The highest BCUT2D eigenvalue weighted by molar-refractivity contribution is 9.10. The maximum absolute atomic E-state index is 12.3. The zero-order chi connectivity index (χ0) is 17.8. The summed E-state index contributed by atoms with van der Waals surface area (Å²) in [7, 11) is -3.08. The van der Waals surface area contributed by atoms with Crippen molar-refractivity contribution in [2.75, 3.05) is 21.3 Å². The number of benzene rings is 2. The number of thiocarbonyl (C=S) groups is 1. The van der Waals surface area contributed by atoms with Crippen LogP contribution in [0.15, 0.2) is 53.0 Å². The van der Waals surface area contributed by atoms with Gasteiger partial charge >= 0.3 is 0 Å². The first-order valence-corrected chi connectivity index (χ1v) is 11.0. The van der Waals surface area contributed by atoms with Gasteiger partial charge in [-0.1, -0.05) is 28.1 Å². The molecule has 7 heteroatoms. The molecule has 0 aromatic heterocycles. The molecule has 0 amide bonds. The molecule has 2 atom stereocenters. The largest absolute Gasteiger partial charge is 0.312 e. The Kier molecular flexibility index (Phi) is 4.13. The van der Waals surface area contributed by atoms with Crippen molar-refractivity contribution in [2.24, 2.45) is 0 Å². The predicted molar refractivity (Wildman–Crippen MR) is 109 cm³/mol. The molecule has 4 rings (SSSR count). The van der Waals surface area contributed by atoms with E-state index in [4.69, 9.17) is 12.2 Å². The summed E-state index contributed by atoms with van der Waals surface area (Å²) in [5.74, 6) is 0.273. The van der Waals surface area contributed by atoms with E-state index >= 15 is 0 Å². The zero-order valence-electron chi connectivity index (χ0n) is 13.6. The van der Waals surface area contributed by atoms with Gasteiger partial charge in [-0.15, -0.1) is 0 Å². The van der Waals surface area contributed by atoms with Crippen molar-refractivity contribution in [1.29, 1.82) is 0 Å². The molecule has 0 radical (unpaired) electrons. The lowest BCUT2D eigenvalue weighted by molar-refractivity contribution is 0.601. The molecule has 0 aliphatic carbocycles. The number of fused-ring (bicyclic) bond motifs is 1. The Hall–Kier alpha value is -1.44. The van der Waals surface area contributed by atoms with Crippen LogP contribution in [0.1, 0.15) is 5.56 Å². The van der Waals surface area contributed by atoms with Crippen molar-refractivity contribution < 1.29 is 8.42 Å². The van der Waals surface area contributed by atoms with Gasteiger partial charge in [0.1, 0.15) is 0 Å². The molecule has 0 spiro atoms. The van der Waals surface area contributed by atoms with E-state index < -0.39 is 9.84 Å². The molecule has 130 valence electrons. The summed E-state index contributed by atoms with van der Waals surface area (Å²) >= 11 is 9.22. The first kappa shape index (κ1) is 17.0.